The summed E-state index contributed by atoms with van der Waals surface area (Å²) in [7, 11) is 0. The van der Waals surface area contributed by atoms with Crippen LogP contribution >= 0.6 is 47.2 Å². The molecule has 1 aromatic carbocycles. The van der Waals surface area contributed by atoms with Crippen LogP contribution in [0.5, 0.6) is 0 Å². The van der Waals surface area contributed by atoms with Crippen LogP contribution in [0, 0.1) is 0 Å². The van der Waals surface area contributed by atoms with Gasteiger partial charge in [-0.2, -0.15) is 0 Å². The minimum absolute atomic E-state index is 0.146. The number of hydrogen-bond acceptors (Lipinski definition) is 4. The summed E-state index contributed by atoms with van der Waals surface area (Å²) in [6.45, 7) is 4.03. The topological polar surface area (TPSA) is 33.5 Å². The number of thioether (sulfide) groups is 1. The predicted molar refractivity (Wildman–Crippen MR) is 104 cm³/mol. The van der Waals surface area contributed by atoms with E-state index in [9.17, 15) is 4.79 Å². The molecule has 1 saturated heterocycles. The Hall–Kier alpha value is -1.53. The molecular formula is C17H11Cl2NO2S2. The highest BCUT2D eigenvalue weighted by Gasteiger charge is 2.31. The van der Waals surface area contributed by atoms with E-state index in [1.807, 2.05) is 0 Å². The number of amides is 1. The van der Waals surface area contributed by atoms with Crippen LogP contribution in [0.25, 0.3) is 17.4 Å². The van der Waals surface area contributed by atoms with E-state index in [0.29, 0.717) is 37.3 Å². The molecule has 1 fully saturated rings. The number of rotatable bonds is 4. The third kappa shape index (κ3) is 3.44. The van der Waals surface area contributed by atoms with Crippen LogP contribution in [0.15, 0.2) is 52.3 Å². The second-order valence-corrected chi connectivity index (χ2v) is 7.43. The van der Waals surface area contributed by atoms with Crippen molar-refractivity contribution in [1.82, 2.24) is 4.90 Å². The summed E-state index contributed by atoms with van der Waals surface area (Å²) < 4.78 is 6.29. The van der Waals surface area contributed by atoms with Crippen molar-refractivity contribution in [3.05, 3.63) is 63.7 Å². The molecule has 0 saturated carbocycles. The van der Waals surface area contributed by atoms with Gasteiger partial charge in [0.1, 0.15) is 15.8 Å². The number of carbonyl (C=O) groups excluding carboxylic acids is 1. The zero-order chi connectivity index (χ0) is 17.3. The number of benzene rings is 1. The summed E-state index contributed by atoms with van der Waals surface area (Å²) in [6.07, 6.45) is 3.32. The molecule has 1 aromatic heterocycles. The van der Waals surface area contributed by atoms with E-state index in [1.54, 1.807) is 42.5 Å². The Balaban J connectivity index is 1.88. The SMILES string of the molecule is C=CCN1C(=O)C(=Cc2ccc(-c3ccc(Cl)cc3Cl)o2)SC1=S. The van der Waals surface area contributed by atoms with Crippen LogP contribution in [-0.2, 0) is 4.79 Å². The maximum absolute atomic E-state index is 12.3. The molecule has 1 amide bonds. The number of halogens is 2. The second-order valence-electron chi connectivity index (χ2n) is 4.91. The summed E-state index contributed by atoms with van der Waals surface area (Å²) in [4.78, 5) is 14.3. The molecule has 0 unspecified atom stereocenters. The Morgan fingerprint density at radius 3 is 2.79 bits per heavy atom. The zero-order valence-corrected chi connectivity index (χ0v) is 15.4. The third-order valence-electron chi connectivity index (χ3n) is 3.28. The van der Waals surface area contributed by atoms with Gasteiger partial charge in [0.2, 0.25) is 0 Å². The van der Waals surface area contributed by atoms with Gasteiger partial charge < -0.3 is 4.42 Å². The van der Waals surface area contributed by atoms with Gasteiger partial charge in [0, 0.05) is 23.2 Å². The molecule has 0 spiro atoms. The molecule has 0 atom stereocenters. The molecule has 24 heavy (non-hydrogen) atoms. The Labute approximate surface area is 158 Å². The maximum Gasteiger partial charge on any atom is 0.266 e. The van der Waals surface area contributed by atoms with Crippen molar-refractivity contribution < 1.29 is 9.21 Å². The van der Waals surface area contributed by atoms with Crippen molar-refractivity contribution >= 4 is 63.5 Å². The summed E-state index contributed by atoms with van der Waals surface area (Å²) in [5.74, 6) is 1.01. The van der Waals surface area contributed by atoms with Crippen molar-refractivity contribution in [2.45, 2.75) is 0 Å². The molecule has 0 radical (unpaired) electrons. The molecule has 0 N–H and O–H groups in total. The van der Waals surface area contributed by atoms with Crippen LogP contribution in [-0.4, -0.2) is 21.7 Å². The molecule has 0 aliphatic carbocycles. The fourth-order valence-electron chi connectivity index (χ4n) is 2.18. The summed E-state index contributed by atoms with van der Waals surface area (Å²) in [5.41, 5.74) is 0.736. The average molecular weight is 396 g/mol. The van der Waals surface area contributed by atoms with Crippen molar-refractivity contribution in [2.75, 3.05) is 6.54 Å². The smallest absolute Gasteiger partial charge is 0.266 e. The maximum atomic E-state index is 12.3. The lowest BCUT2D eigenvalue weighted by Crippen LogP contribution is -2.27. The molecule has 1 aliphatic heterocycles. The van der Waals surface area contributed by atoms with E-state index >= 15 is 0 Å². The van der Waals surface area contributed by atoms with Crippen LogP contribution < -0.4 is 0 Å². The number of furan rings is 1. The standard InChI is InChI=1S/C17H11Cl2NO2S2/c1-2-7-20-16(21)15(24-17(20)23)9-11-4-6-14(22-11)12-5-3-10(18)8-13(12)19/h2-6,8-9H,1,7H2. The van der Waals surface area contributed by atoms with Gasteiger partial charge in [-0.15, -0.1) is 6.58 Å². The van der Waals surface area contributed by atoms with E-state index in [-0.39, 0.29) is 5.91 Å². The Morgan fingerprint density at radius 1 is 1.29 bits per heavy atom. The molecule has 2 heterocycles. The van der Waals surface area contributed by atoms with Gasteiger partial charge in [0.05, 0.1) is 9.93 Å². The zero-order valence-electron chi connectivity index (χ0n) is 12.3. The first-order valence-corrected chi connectivity index (χ1v) is 8.89. The second kappa shape index (κ2) is 7.15. The fourth-order valence-corrected chi connectivity index (χ4v) is 3.94. The van der Waals surface area contributed by atoms with Gasteiger partial charge in [0.15, 0.2) is 0 Å². The molecular weight excluding hydrogens is 385 g/mol. The molecule has 3 rings (SSSR count). The Morgan fingerprint density at radius 2 is 2.08 bits per heavy atom. The van der Waals surface area contributed by atoms with Gasteiger partial charge >= 0.3 is 0 Å². The first-order chi connectivity index (χ1) is 11.5. The number of hydrogen-bond donors (Lipinski definition) is 0. The van der Waals surface area contributed by atoms with E-state index in [2.05, 4.69) is 6.58 Å². The fraction of sp³-hybridized carbons (Fsp3) is 0.0588. The molecule has 122 valence electrons. The first kappa shape index (κ1) is 17.3. The highest BCUT2D eigenvalue weighted by molar-refractivity contribution is 8.26. The summed E-state index contributed by atoms with van der Waals surface area (Å²) in [6, 6.07) is 8.76. The molecule has 0 bridgehead atoms. The monoisotopic (exact) mass is 395 g/mol. The highest BCUT2D eigenvalue weighted by atomic mass is 35.5. The van der Waals surface area contributed by atoms with Crippen molar-refractivity contribution in [1.29, 1.82) is 0 Å². The lowest BCUT2D eigenvalue weighted by molar-refractivity contribution is -0.121. The molecule has 7 heteroatoms. The predicted octanol–water partition coefficient (Wildman–Crippen LogP) is 5.64. The van der Waals surface area contributed by atoms with Crippen molar-refractivity contribution in [3.8, 4) is 11.3 Å². The minimum atomic E-state index is -0.146. The van der Waals surface area contributed by atoms with Crippen LogP contribution in [0.3, 0.4) is 0 Å². The number of nitrogens with zero attached hydrogens (tertiary/aromatic N) is 1. The van der Waals surface area contributed by atoms with Gasteiger partial charge in [-0.25, -0.2) is 0 Å². The highest BCUT2D eigenvalue weighted by Crippen LogP contribution is 2.35. The van der Waals surface area contributed by atoms with Crippen molar-refractivity contribution in [2.24, 2.45) is 0 Å². The van der Waals surface area contributed by atoms with E-state index < -0.39 is 0 Å². The minimum Gasteiger partial charge on any atom is -0.457 e. The van der Waals surface area contributed by atoms with Gasteiger partial charge in [0.25, 0.3) is 5.91 Å². The lowest BCUT2D eigenvalue weighted by Gasteiger charge is -2.10. The van der Waals surface area contributed by atoms with Gasteiger partial charge in [-0.3, -0.25) is 9.69 Å². The summed E-state index contributed by atoms with van der Waals surface area (Å²) in [5, 5.41) is 1.06. The van der Waals surface area contributed by atoms with E-state index in [0.717, 1.165) is 5.56 Å². The average Bonchev–Trinajstić information content (AvgIpc) is 3.08. The van der Waals surface area contributed by atoms with E-state index in [1.165, 1.54) is 16.7 Å². The van der Waals surface area contributed by atoms with E-state index in [4.69, 9.17) is 39.8 Å². The van der Waals surface area contributed by atoms with Crippen LogP contribution in [0.1, 0.15) is 5.76 Å². The molecule has 3 nitrogen and oxygen atoms in total. The van der Waals surface area contributed by atoms with Gasteiger partial charge in [-0.1, -0.05) is 53.3 Å². The third-order valence-corrected chi connectivity index (χ3v) is 5.21. The van der Waals surface area contributed by atoms with Crippen LogP contribution in [0.2, 0.25) is 10.0 Å². The van der Waals surface area contributed by atoms with Gasteiger partial charge in [-0.05, 0) is 30.3 Å². The summed E-state index contributed by atoms with van der Waals surface area (Å²) >= 11 is 18.5. The van der Waals surface area contributed by atoms with Crippen LogP contribution in [0.4, 0.5) is 0 Å². The quantitative estimate of drug-likeness (QED) is 0.380. The largest absolute Gasteiger partial charge is 0.457 e. The Kier molecular flexibility index (Phi) is 5.15. The normalized spacial score (nSPS) is 16.2. The lowest BCUT2D eigenvalue weighted by atomic mass is 10.2. The van der Waals surface area contributed by atoms with Crippen molar-refractivity contribution in [3.63, 3.8) is 0 Å². The Bertz CT molecular complexity index is 873. The molecule has 2 aromatic rings. The molecule has 1 aliphatic rings. The number of carbonyl (C=O) groups is 1. The first-order valence-electron chi connectivity index (χ1n) is 6.91. The number of thiocarbonyl (C=S) groups is 1.